The van der Waals surface area contributed by atoms with Crippen LogP contribution >= 0.6 is 0 Å². The summed E-state index contributed by atoms with van der Waals surface area (Å²) in [6, 6.07) is 13.4. The highest BCUT2D eigenvalue weighted by molar-refractivity contribution is 6.04. The summed E-state index contributed by atoms with van der Waals surface area (Å²) in [5, 5.41) is 6.81. The fraction of sp³-hybridized carbons (Fsp3) is 0.158. The molecule has 3 rings (SSSR count). The van der Waals surface area contributed by atoms with Gasteiger partial charge in [0.05, 0.1) is 17.4 Å². The van der Waals surface area contributed by atoms with E-state index in [-0.39, 0.29) is 5.75 Å². The summed E-state index contributed by atoms with van der Waals surface area (Å²) in [5.74, 6) is -0.413. The lowest BCUT2D eigenvalue weighted by Gasteiger charge is -2.10. The SMILES string of the molecule is Cc1ccccc1-n1cc(C(=O)Nc2cccc(OCC(F)(F)F)c2)cn1. The van der Waals surface area contributed by atoms with Gasteiger partial charge >= 0.3 is 6.18 Å². The van der Waals surface area contributed by atoms with E-state index in [1.807, 2.05) is 31.2 Å². The lowest BCUT2D eigenvalue weighted by atomic mass is 10.2. The second-order valence-electron chi connectivity index (χ2n) is 5.85. The lowest BCUT2D eigenvalue weighted by molar-refractivity contribution is -0.153. The maximum Gasteiger partial charge on any atom is 0.422 e. The molecule has 1 amide bonds. The number of benzene rings is 2. The van der Waals surface area contributed by atoms with Crippen molar-refractivity contribution >= 4 is 11.6 Å². The quantitative estimate of drug-likeness (QED) is 0.720. The number of amides is 1. The van der Waals surface area contributed by atoms with Gasteiger partial charge in [-0.05, 0) is 30.7 Å². The molecule has 0 spiro atoms. The number of ether oxygens (including phenoxy) is 1. The van der Waals surface area contributed by atoms with Gasteiger partial charge in [0, 0.05) is 18.0 Å². The van der Waals surface area contributed by atoms with E-state index >= 15 is 0 Å². The van der Waals surface area contributed by atoms with Gasteiger partial charge in [0.1, 0.15) is 5.75 Å². The number of hydrogen-bond acceptors (Lipinski definition) is 3. The summed E-state index contributed by atoms with van der Waals surface area (Å²) in [4.78, 5) is 12.4. The predicted molar refractivity (Wildman–Crippen MR) is 94.2 cm³/mol. The molecule has 0 aliphatic carbocycles. The van der Waals surface area contributed by atoms with E-state index in [1.54, 1.807) is 16.9 Å². The van der Waals surface area contributed by atoms with E-state index in [0.717, 1.165) is 11.3 Å². The van der Waals surface area contributed by atoms with Crippen LogP contribution < -0.4 is 10.1 Å². The first-order chi connectivity index (χ1) is 12.8. The number of anilines is 1. The van der Waals surface area contributed by atoms with Crippen molar-refractivity contribution in [2.45, 2.75) is 13.1 Å². The molecule has 0 saturated carbocycles. The van der Waals surface area contributed by atoms with Crippen LogP contribution in [0.25, 0.3) is 5.69 Å². The Morgan fingerprint density at radius 3 is 2.70 bits per heavy atom. The maximum atomic E-state index is 12.4. The Hall–Kier alpha value is -3.29. The first-order valence-electron chi connectivity index (χ1n) is 8.03. The van der Waals surface area contributed by atoms with Crippen molar-refractivity contribution in [2.24, 2.45) is 0 Å². The number of para-hydroxylation sites is 1. The number of carbonyl (C=O) groups is 1. The molecule has 0 saturated heterocycles. The minimum Gasteiger partial charge on any atom is -0.484 e. The van der Waals surface area contributed by atoms with Crippen LogP contribution in [0.4, 0.5) is 18.9 Å². The van der Waals surface area contributed by atoms with Crippen LogP contribution in [-0.4, -0.2) is 28.5 Å². The summed E-state index contributed by atoms with van der Waals surface area (Å²) < 4.78 is 43.0. The highest BCUT2D eigenvalue weighted by atomic mass is 19.4. The highest BCUT2D eigenvalue weighted by Crippen LogP contribution is 2.22. The molecule has 27 heavy (non-hydrogen) atoms. The number of nitrogens with one attached hydrogen (secondary N) is 1. The number of nitrogens with zero attached hydrogens (tertiary/aromatic N) is 2. The van der Waals surface area contributed by atoms with Crippen LogP contribution in [0.1, 0.15) is 15.9 Å². The summed E-state index contributed by atoms with van der Waals surface area (Å²) in [6.07, 6.45) is -1.42. The molecular formula is C19H16F3N3O2. The molecule has 1 N–H and O–H groups in total. The molecule has 5 nitrogen and oxygen atoms in total. The zero-order valence-electron chi connectivity index (χ0n) is 14.3. The van der Waals surface area contributed by atoms with Gasteiger partial charge in [-0.15, -0.1) is 0 Å². The summed E-state index contributed by atoms with van der Waals surface area (Å²) in [6.45, 7) is 0.538. The van der Waals surface area contributed by atoms with E-state index in [9.17, 15) is 18.0 Å². The van der Waals surface area contributed by atoms with Gasteiger partial charge in [-0.25, -0.2) is 4.68 Å². The van der Waals surface area contributed by atoms with Crippen molar-refractivity contribution < 1.29 is 22.7 Å². The zero-order chi connectivity index (χ0) is 19.4. The molecule has 0 atom stereocenters. The lowest BCUT2D eigenvalue weighted by Crippen LogP contribution is -2.19. The number of carbonyl (C=O) groups excluding carboxylic acids is 1. The Bertz CT molecular complexity index is 951. The second kappa shape index (κ2) is 7.53. The third-order valence-electron chi connectivity index (χ3n) is 3.70. The zero-order valence-corrected chi connectivity index (χ0v) is 14.3. The molecule has 1 aromatic heterocycles. The molecule has 140 valence electrons. The summed E-state index contributed by atoms with van der Waals surface area (Å²) in [7, 11) is 0. The normalized spacial score (nSPS) is 11.3. The molecule has 0 aliphatic rings. The molecule has 3 aromatic rings. The first-order valence-corrected chi connectivity index (χ1v) is 8.03. The average Bonchev–Trinajstić information content (AvgIpc) is 3.10. The minimum absolute atomic E-state index is 0.0146. The monoisotopic (exact) mass is 375 g/mol. The highest BCUT2D eigenvalue weighted by Gasteiger charge is 2.28. The van der Waals surface area contributed by atoms with Crippen molar-refractivity contribution in [1.82, 2.24) is 9.78 Å². The number of alkyl halides is 3. The minimum atomic E-state index is -4.43. The third kappa shape index (κ3) is 4.87. The van der Waals surface area contributed by atoms with Crippen molar-refractivity contribution in [1.29, 1.82) is 0 Å². The van der Waals surface area contributed by atoms with E-state index in [2.05, 4.69) is 15.2 Å². The number of hydrogen-bond donors (Lipinski definition) is 1. The molecule has 0 fully saturated rings. The summed E-state index contributed by atoms with van der Waals surface area (Å²) in [5.41, 5.74) is 2.49. The third-order valence-corrected chi connectivity index (χ3v) is 3.70. The molecule has 8 heteroatoms. The van der Waals surface area contributed by atoms with Crippen LogP contribution in [0.2, 0.25) is 0 Å². The average molecular weight is 375 g/mol. The number of halogens is 3. The Balaban J connectivity index is 1.70. The van der Waals surface area contributed by atoms with Crippen molar-refractivity contribution in [3.8, 4) is 11.4 Å². The Morgan fingerprint density at radius 1 is 1.19 bits per heavy atom. The standard InChI is InChI=1S/C19H16F3N3O2/c1-13-5-2-3-8-17(13)25-11-14(10-23-25)18(26)24-15-6-4-7-16(9-15)27-12-19(20,21)22/h2-11H,12H2,1H3,(H,24,26). The van der Waals surface area contributed by atoms with Crippen molar-refractivity contribution in [2.75, 3.05) is 11.9 Å². The molecule has 1 heterocycles. The van der Waals surface area contributed by atoms with Gasteiger partial charge in [0.2, 0.25) is 0 Å². The van der Waals surface area contributed by atoms with Gasteiger partial charge < -0.3 is 10.1 Å². The predicted octanol–water partition coefficient (Wildman–Crippen LogP) is 4.37. The molecule has 0 unspecified atom stereocenters. The van der Waals surface area contributed by atoms with Crippen molar-refractivity contribution in [3.05, 3.63) is 72.1 Å². The Morgan fingerprint density at radius 2 is 1.96 bits per heavy atom. The van der Waals surface area contributed by atoms with Crippen LogP contribution in [0.15, 0.2) is 60.9 Å². The Labute approximate surface area is 153 Å². The molecule has 0 bridgehead atoms. The summed E-state index contributed by atoms with van der Waals surface area (Å²) >= 11 is 0. The number of rotatable bonds is 5. The molecular weight excluding hydrogens is 359 g/mol. The van der Waals surface area contributed by atoms with Gasteiger partial charge in [0.25, 0.3) is 5.91 Å². The van der Waals surface area contributed by atoms with Gasteiger partial charge in [-0.3, -0.25) is 4.79 Å². The topological polar surface area (TPSA) is 56.2 Å². The maximum absolute atomic E-state index is 12.4. The largest absolute Gasteiger partial charge is 0.484 e. The van der Waals surface area contributed by atoms with Crippen LogP contribution in [-0.2, 0) is 0 Å². The Kier molecular flexibility index (Phi) is 5.16. The van der Waals surface area contributed by atoms with Gasteiger partial charge in [0.15, 0.2) is 6.61 Å². The van der Waals surface area contributed by atoms with Gasteiger partial charge in [-0.1, -0.05) is 24.3 Å². The van der Waals surface area contributed by atoms with Crippen molar-refractivity contribution in [3.63, 3.8) is 0 Å². The van der Waals surface area contributed by atoms with E-state index in [4.69, 9.17) is 0 Å². The number of aryl methyl sites for hydroxylation is 1. The van der Waals surface area contributed by atoms with E-state index < -0.39 is 18.7 Å². The fourth-order valence-corrected chi connectivity index (χ4v) is 2.42. The van der Waals surface area contributed by atoms with Crippen LogP contribution in [0, 0.1) is 6.92 Å². The van der Waals surface area contributed by atoms with Crippen LogP contribution in [0.3, 0.4) is 0 Å². The number of aromatic nitrogens is 2. The van der Waals surface area contributed by atoms with E-state index in [1.165, 1.54) is 24.4 Å². The van der Waals surface area contributed by atoms with E-state index in [0.29, 0.717) is 11.3 Å². The smallest absolute Gasteiger partial charge is 0.422 e. The van der Waals surface area contributed by atoms with Gasteiger partial charge in [-0.2, -0.15) is 18.3 Å². The van der Waals surface area contributed by atoms with Crippen LogP contribution in [0.5, 0.6) is 5.75 Å². The molecule has 2 aromatic carbocycles. The molecule has 0 radical (unpaired) electrons. The molecule has 0 aliphatic heterocycles. The fourth-order valence-electron chi connectivity index (χ4n) is 2.42. The first kappa shape index (κ1) is 18.5. The second-order valence-corrected chi connectivity index (χ2v) is 5.85.